The Morgan fingerprint density at radius 1 is 1.27 bits per heavy atom. The maximum atomic E-state index is 12.7. The van der Waals surface area contributed by atoms with Crippen LogP contribution in [0.25, 0.3) is 10.9 Å². The summed E-state index contributed by atoms with van der Waals surface area (Å²) < 4.78 is 5.46. The Balaban J connectivity index is 1.70. The first-order chi connectivity index (χ1) is 14.6. The molecule has 1 aliphatic heterocycles. The highest BCUT2D eigenvalue weighted by Gasteiger charge is 2.17. The second-order valence-corrected chi connectivity index (χ2v) is 8.57. The molecule has 2 heterocycles. The van der Waals surface area contributed by atoms with E-state index in [-0.39, 0.29) is 5.56 Å². The molecular formula is C23H35N4O2S+. The van der Waals surface area contributed by atoms with Crippen LogP contribution in [0.1, 0.15) is 37.3 Å². The van der Waals surface area contributed by atoms with Gasteiger partial charge >= 0.3 is 0 Å². The molecule has 2 aromatic rings. The Bertz CT molecular complexity index is 892. The standard InChI is InChI=1S/C23H34N4O2S/c1-3-4-8-24-23(30)27(10-5-9-26-11-13-29-14-12-26)17-20-16-19-15-18(2)6-7-21(19)25-22(20)28/h6-7,15-16H,3-5,8-14,17H2,1-2H3,(H,24,30)(H,25,28)/p+1. The van der Waals surface area contributed by atoms with Crippen molar-refractivity contribution in [2.45, 2.75) is 39.7 Å². The molecule has 1 aromatic heterocycles. The fourth-order valence-electron chi connectivity index (χ4n) is 3.86. The van der Waals surface area contributed by atoms with E-state index < -0.39 is 0 Å². The van der Waals surface area contributed by atoms with Gasteiger partial charge in [0.25, 0.3) is 5.56 Å². The molecule has 6 nitrogen and oxygen atoms in total. The highest BCUT2D eigenvalue weighted by atomic mass is 32.1. The first-order valence-corrected chi connectivity index (χ1v) is 11.5. The summed E-state index contributed by atoms with van der Waals surface area (Å²) in [6, 6.07) is 8.11. The van der Waals surface area contributed by atoms with Gasteiger partial charge in [0.2, 0.25) is 0 Å². The van der Waals surface area contributed by atoms with Crippen molar-refractivity contribution in [3.05, 3.63) is 45.7 Å². The molecule has 0 atom stereocenters. The summed E-state index contributed by atoms with van der Waals surface area (Å²) in [5.41, 5.74) is 2.78. The molecule has 1 saturated heterocycles. The Morgan fingerprint density at radius 2 is 2.07 bits per heavy atom. The van der Waals surface area contributed by atoms with Crippen molar-refractivity contribution in [2.75, 3.05) is 45.9 Å². The molecule has 7 heteroatoms. The number of aromatic amines is 1. The molecule has 1 aromatic carbocycles. The fourth-order valence-corrected chi connectivity index (χ4v) is 4.12. The first kappa shape index (κ1) is 22.7. The number of hydrogen-bond donors (Lipinski definition) is 3. The van der Waals surface area contributed by atoms with Gasteiger partial charge in [-0.15, -0.1) is 0 Å². The summed E-state index contributed by atoms with van der Waals surface area (Å²) in [7, 11) is 0. The average molecular weight is 432 g/mol. The molecule has 30 heavy (non-hydrogen) atoms. The molecular weight excluding hydrogens is 396 g/mol. The second kappa shape index (κ2) is 11.4. The summed E-state index contributed by atoms with van der Waals surface area (Å²) in [6.45, 7) is 11.4. The van der Waals surface area contributed by atoms with Gasteiger partial charge in [0.1, 0.15) is 13.1 Å². The molecule has 0 amide bonds. The number of nitrogens with zero attached hydrogens (tertiary/aromatic N) is 1. The van der Waals surface area contributed by atoms with E-state index >= 15 is 0 Å². The van der Waals surface area contributed by atoms with Crippen molar-refractivity contribution in [1.82, 2.24) is 15.2 Å². The number of aryl methyl sites for hydroxylation is 1. The predicted octanol–water partition coefficient (Wildman–Crippen LogP) is 1.62. The number of rotatable bonds is 9. The van der Waals surface area contributed by atoms with Gasteiger partial charge in [-0.3, -0.25) is 4.79 Å². The molecule has 0 spiro atoms. The SMILES string of the molecule is CCCCNC(=S)N(CCC[NH+]1CCOCC1)Cc1cc2cc(C)ccc2[nH]c1=O. The van der Waals surface area contributed by atoms with E-state index in [4.69, 9.17) is 17.0 Å². The predicted molar refractivity (Wildman–Crippen MR) is 126 cm³/mol. The summed E-state index contributed by atoms with van der Waals surface area (Å²) >= 11 is 5.69. The van der Waals surface area contributed by atoms with E-state index in [1.54, 1.807) is 4.90 Å². The van der Waals surface area contributed by atoms with Gasteiger partial charge < -0.3 is 24.8 Å². The van der Waals surface area contributed by atoms with E-state index in [9.17, 15) is 4.79 Å². The van der Waals surface area contributed by atoms with Crippen molar-refractivity contribution in [1.29, 1.82) is 0 Å². The third-order valence-corrected chi connectivity index (χ3v) is 6.09. The van der Waals surface area contributed by atoms with Crippen LogP contribution in [0.3, 0.4) is 0 Å². The molecule has 1 aliphatic rings. The van der Waals surface area contributed by atoms with Crippen molar-refractivity contribution in [3.8, 4) is 0 Å². The fraction of sp³-hybridized carbons (Fsp3) is 0.565. The van der Waals surface area contributed by atoms with Crippen molar-refractivity contribution in [2.24, 2.45) is 0 Å². The zero-order valence-corrected chi connectivity index (χ0v) is 19.1. The second-order valence-electron chi connectivity index (χ2n) is 8.19. The highest BCUT2D eigenvalue weighted by Crippen LogP contribution is 2.14. The van der Waals surface area contributed by atoms with Gasteiger partial charge in [-0.25, -0.2) is 0 Å². The smallest absolute Gasteiger partial charge is 0.253 e. The number of morpholine rings is 1. The highest BCUT2D eigenvalue weighted by molar-refractivity contribution is 7.80. The molecule has 0 unspecified atom stereocenters. The number of unbranched alkanes of at least 4 members (excludes halogenated alkanes) is 1. The topological polar surface area (TPSA) is 61.8 Å². The minimum Gasteiger partial charge on any atom is -0.370 e. The van der Waals surface area contributed by atoms with Crippen LogP contribution in [0.15, 0.2) is 29.1 Å². The molecule has 0 radical (unpaired) electrons. The Kier molecular flexibility index (Phi) is 8.66. The van der Waals surface area contributed by atoms with E-state index in [0.717, 1.165) is 86.8 Å². The summed E-state index contributed by atoms with van der Waals surface area (Å²) in [5, 5.41) is 5.18. The Labute approximate surface area is 184 Å². The van der Waals surface area contributed by atoms with Gasteiger partial charge in [-0.05, 0) is 49.1 Å². The normalized spacial score (nSPS) is 14.7. The van der Waals surface area contributed by atoms with Crippen LogP contribution in [-0.2, 0) is 11.3 Å². The van der Waals surface area contributed by atoms with Gasteiger partial charge in [-0.2, -0.15) is 0 Å². The first-order valence-electron chi connectivity index (χ1n) is 11.1. The van der Waals surface area contributed by atoms with Crippen LogP contribution in [0.2, 0.25) is 0 Å². The average Bonchev–Trinajstić information content (AvgIpc) is 2.74. The van der Waals surface area contributed by atoms with Crippen LogP contribution < -0.4 is 15.8 Å². The van der Waals surface area contributed by atoms with Gasteiger partial charge in [0.05, 0.1) is 26.3 Å². The molecule has 3 rings (SSSR count). The molecule has 164 valence electrons. The quantitative estimate of drug-likeness (QED) is 0.416. The lowest BCUT2D eigenvalue weighted by atomic mass is 10.1. The summed E-state index contributed by atoms with van der Waals surface area (Å²) in [4.78, 5) is 19.5. The Hall–Kier alpha value is -1.96. The summed E-state index contributed by atoms with van der Waals surface area (Å²) in [5.74, 6) is 0. The van der Waals surface area contributed by atoms with Crippen LogP contribution in [0.4, 0.5) is 0 Å². The van der Waals surface area contributed by atoms with E-state index in [2.05, 4.69) is 35.1 Å². The maximum absolute atomic E-state index is 12.7. The number of pyridine rings is 1. The van der Waals surface area contributed by atoms with Crippen molar-refractivity contribution < 1.29 is 9.64 Å². The number of thiocarbonyl (C=S) groups is 1. The maximum Gasteiger partial charge on any atom is 0.253 e. The number of ether oxygens (including phenoxy) is 1. The van der Waals surface area contributed by atoms with Crippen molar-refractivity contribution in [3.63, 3.8) is 0 Å². The lowest BCUT2D eigenvalue weighted by Gasteiger charge is -2.28. The lowest BCUT2D eigenvalue weighted by molar-refractivity contribution is -0.908. The number of nitrogens with one attached hydrogen (secondary N) is 3. The van der Waals surface area contributed by atoms with Crippen molar-refractivity contribution >= 4 is 28.2 Å². The van der Waals surface area contributed by atoms with Gasteiger partial charge in [0, 0.05) is 30.6 Å². The van der Waals surface area contributed by atoms with E-state index in [1.807, 2.05) is 18.2 Å². The van der Waals surface area contributed by atoms with Crippen LogP contribution in [0, 0.1) is 6.92 Å². The number of H-pyrrole nitrogens is 1. The number of benzene rings is 1. The largest absolute Gasteiger partial charge is 0.370 e. The van der Waals surface area contributed by atoms with E-state index in [1.165, 1.54) is 5.56 Å². The monoisotopic (exact) mass is 431 g/mol. The minimum atomic E-state index is -0.0356. The van der Waals surface area contributed by atoms with Gasteiger partial charge in [-0.1, -0.05) is 25.0 Å². The third-order valence-electron chi connectivity index (χ3n) is 5.69. The van der Waals surface area contributed by atoms with E-state index in [0.29, 0.717) is 6.54 Å². The zero-order valence-electron chi connectivity index (χ0n) is 18.3. The summed E-state index contributed by atoms with van der Waals surface area (Å²) in [6.07, 6.45) is 3.25. The molecule has 0 bridgehead atoms. The molecule has 0 aliphatic carbocycles. The van der Waals surface area contributed by atoms with Crippen LogP contribution in [0.5, 0.6) is 0 Å². The Morgan fingerprint density at radius 3 is 2.83 bits per heavy atom. The van der Waals surface area contributed by atoms with Crippen LogP contribution >= 0.6 is 12.2 Å². The number of quaternary nitrogens is 1. The lowest BCUT2D eigenvalue weighted by Crippen LogP contribution is -3.14. The number of hydrogen-bond acceptors (Lipinski definition) is 3. The van der Waals surface area contributed by atoms with Crippen LogP contribution in [-0.4, -0.2) is 60.9 Å². The molecule has 0 saturated carbocycles. The minimum absolute atomic E-state index is 0.0356. The molecule has 1 fully saturated rings. The number of aromatic nitrogens is 1. The number of fused-ring (bicyclic) bond motifs is 1. The van der Waals surface area contributed by atoms with Gasteiger partial charge in [0.15, 0.2) is 5.11 Å². The zero-order chi connectivity index (χ0) is 21.3. The molecule has 3 N–H and O–H groups in total. The third kappa shape index (κ3) is 6.52.